The molecule has 0 aromatic carbocycles. The predicted octanol–water partition coefficient (Wildman–Crippen LogP) is 2.09. The van der Waals surface area contributed by atoms with Gasteiger partial charge in [-0.3, -0.25) is 0 Å². The summed E-state index contributed by atoms with van der Waals surface area (Å²) in [5.74, 6) is 8.03. The quantitative estimate of drug-likeness (QED) is 0.618. The van der Waals surface area contributed by atoms with Gasteiger partial charge in [0.15, 0.2) is 0 Å². The van der Waals surface area contributed by atoms with Crippen LogP contribution in [0.4, 0.5) is 11.6 Å². The number of aryl methyl sites for hydroxylation is 1. The molecule has 0 radical (unpaired) electrons. The minimum atomic E-state index is 0.625. The molecular formula is C13H23N5. The molecule has 1 aliphatic carbocycles. The Labute approximate surface area is 109 Å². The van der Waals surface area contributed by atoms with Crippen LogP contribution in [0.25, 0.3) is 0 Å². The molecule has 0 aliphatic heterocycles. The van der Waals surface area contributed by atoms with Gasteiger partial charge >= 0.3 is 0 Å². The van der Waals surface area contributed by atoms with E-state index in [9.17, 15) is 0 Å². The van der Waals surface area contributed by atoms with Crippen LogP contribution in [0.5, 0.6) is 0 Å². The number of anilines is 2. The Morgan fingerprint density at radius 2 is 2.06 bits per heavy atom. The number of hydrogen-bond acceptors (Lipinski definition) is 5. The maximum Gasteiger partial charge on any atom is 0.145 e. The van der Waals surface area contributed by atoms with Crippen molar-refractivity contribution in [2.24, 2.45) is 5.84 Å². The first-order chi connectivity index (χ1) is 8.78. The molecule has 0 bridgehead atoms. The summed E-state index contributed by atoms with van der Waals surface area (Å²) in [6, 6.07) is 2.57. The van der Waals surface area contributed by atoms with Gasteiger partial charge in [0.25, 0.3) is 0 Å². The maximum absolute atomic E-state index is 5.48. The zero-order valence-corrected chi connectivity index (χ0v) is 11.3. The third kappa shape index (κ3) is 2.72. The van der Waals surface area contributed by atoms with E-state index in [-0.39, 0.29) is 0 Å². The molecule has 18 heavy (non-hydrogen) atoms. The summed E-state index contributed by atoms with van der Waals surface area (Å²) in [6.45, 7) is 5.22. The summed E-state index contributed by atoms with van der Waals surface area (Å²) in [5.41, 5.74) is 2.63. The molecule has 1 fully saturated rings. The number of hydrogen-bond donors (Lipinski definition) is 2. The Hall–Kier alpha value is -1.36. The molecule has 2 rings (SSSR count). The van der Waals surface area contributed by atoms with E-state index in [1.54, 1.807) is 0 Å². The Balaban J connectivity index is 2.28. The third-order valence-corrected chi connectivity index (χ3v) is 3.62. The second-order valence-corrected chi connectivity index (χ2v) is 4.75. The van der Waals surface area contributed by atoms with Crippen molar-refractivity contribution in [3.63, 3.8) is 0 Å². The van der Waals surface area contributed by atoms with Crippen molar-refractivity contribution in [3.8, 4) is 0 Å². The van der Waals surface area contributed by atoms with Crippen molar-refractivity contribution in [2.75, 3.05) is 16.9 Å². The summed E-state index contributed by atoms with van der Waals surface area (Å²) in [7, 11) is 0. The molecule has 100 valence electrons. The minimum absolute atomic E-state index is 0.625. The molecule has 1 aliphatic rings. The third-order valence-electron chi connectivity index (χ3n) is 3.62. The van der Waals surface area contributed by atoms with E-state index in [0.29, 0.717) is 11.9 Å². The summed E-state index contributed by atoms with van der Waals surface area (Å²) in [6.07, 6.45) is 6.02. The first-order valence-electron chi connectivity index (χ1n) is 6.89. The average Bonchev–Trinajstić information content (AvgIpc) is 2.93. The number of nitrogen functional groups attached to an aromatic ring is 1. The van der Waals surface area contributed by atoms with Gasteiger partial charge in [-0.15, -0.1) is 0 Å². The molecular weight excluding hydrogens is 226 g/mol. The molecule has 0 saturated heterocycles. The molecule has 5 nitrogen and oxygen atoms in total. The molecule has 1 aromatic heterocycles. The molecule has 5 heteroatoms. The Kier molecular flexibility index (Phi) is 4.36. The number of aromatic nitrogens is 2. The van der Waals surface area contributed by atoms with Gasteiger partial charge in [0.05, 0.1) is 0 Å². The van der Waals surface area contributed by atoms with Crippen LogP contribution in [-0.4, -0.2) is 22.6 Å². The van der Waals surface area contributed by atoms with Gasteiger partial charge in [-0.05, 0) is 19.8 Å². The fourth-order valence-electron chi connectivity index (χ4n) is 2.69. The fraction of sp³-hybridized carbons (Fsp3) is 0.692. The predicted molar refractivity (Wildman–Crippen MR) is 74.5 cm³/mol. The van der Waals surface area contributed by atoms with Crippen molar-refractivity contribution in [2.45, 2.75) is 52.0 Å². The standard InChI is InChI=1S/C13H23N5/c1-3-11-15-12(17-14)9-13(16-11)18(4-2)10-7-5-6-8-10/h9-10H,3-8,14H2,1-2H3,(H,15,16,17). The highest BCUT2D eigenvalue weighted by Gasteiger charge is 2.23. The van der Waals surface area contributed by atoms with Crippen LogP contribution in [0.3, 0.4) is 0 Å². The molecule has 0 spiro atoms. The van der Waals surface area contributed by atoms with Crippen molar-refractivity contribution >= 4 is 11.6 Å². The molecule has 1 saturated carbocycles. The van der Waals surface area contributed by atoms with Gasteiger partial charge < -0.3 is 10.3 Å². The van der Waals surface area contributed by atoms with Gasteiger partial charge in [0.2, 0.25) is 0 Å². The number of rotatable bonds is 5. The smallest absolute Gasteiger partial charge is 0.145 e. The van der Waals surface area contributed by atoms with E-state index < -0.39 is 0 Å². The van der Waals surface area contributed by atoms with Crippen molar-refractivity contribution in [3.05, 3.63) is 11.9 Å². The van der Waals surface area contributed by atoms with E-state index in [1.807, 2.05) is 6.07 Å². The first kappa shape index (κ1) is 13.1. The van der Waals surface area contributed by atoms with Crippen LogP contribution in [-0.2, 0) is 6.42 Å². The van der Waals surface area contributed by atoms with Crippen molar-refractivity contribution in [1.29, 1.82) is 0 Å². The van der Waals surface area contributed by atoms with Crippen LogP contribution >= 0.6 is 0 Å². The lowest BCUT2D eigenvalue weighted by molar-refractivity contribution is 0.611. The molecule has 0 amide bonds. The van der Waals surface area contributed by atoms with Crippen LogP contribution in [0.2, 0.25) is 0 Å². The van der Waals surface area contributed by atoms with Crippen LogP contribution in [0.1, 0.15) is 45.4 Å². The molecule has 0 unspecified atom stereocenters. The summed E-state index contributed by atoms with van der Waals surface area (Å²) >= 11 is 0. The van der Waals surface area contributed by atoms with E-state index in [1.165, 1.54) is 25.7 Å². The second-order valence-electron chi connectivity index (χ2n) is 4.75. The van der Waals surface area contributed by atoms with Crippen LogP contribution < -0.4 is 16.2 Å². The molecule has 1 aromatic rings. The maximum atomic E-state index is 5.48. The first-order valence-corrected chi connectivity index (χ1v) is 6.89. The van der Waals surface area contributed by atoms with E-state index in [4.69, 9.17) is 5.84 Å². The molecule has 3 N–H and O–H groups in total. The van der Waals surface area contributed by atoms with E-state index in [0.717, 1.165) is 24.6 Å². The van der Waals surface area contributed by atoms with Crippen molar-refractivity contribution < 1.29 is 0 Å². The van der Waals surface area contributed by atoms with Gasteiger partial charge in [0.1, 0.15) is 17.5 Å². The largest absolute Gasteiger partial charge is 0.354 e. The summed E-state index contributed by atoms with van der Waals surface area (Å²) < 4.78 is 0. The van der Waals surface area contributed by atoms with Gasteiger partial charge in [-0.25, -0.2) is 15.8 Å². The Morgan fingerprint density at radius 3 is 2.61 bits per heavy atom. The number of nitrogens with zero attached hydrogens (tertiary/aromatic N) is 3. The Morgan fingerprint density at radius 1 is 1.33 bits per heavy atom. The van der Waals surface area contributed by atoms with Crippen LogP contribution in [0, 0.1) is 0 Å². The zero-order valence-electron chi connectivity index (χ0n) is 11.3. The highest BCUT2D eigenvalue weighted by atomic mass is 15.3. The van der Waals surface area contributed by atoms with Gasteiger partial charge in [-0.1, -0.05) is 19.8 Å². The van der Waals surface area contributed by atoms with Crippen LogP contribution in [0.15, 0.2) is 6.07 Å². The highest BCUT2D eigenvalue weighted by molar-refractivity contribution is 5.49. The SMILES string of the molecule is CCc1nc(NN)cc(N(CC)C2CCCC2)n1. The minimum Gasteiger partial charge on any atom is -0.354 e. The fourth-order valence-corrected chi connectivity index (χ4v) is 2.69. The summed E-state index contributed by atoms with van der Waals surface area (Å²) in [5, 5.41) is 0. The average molecular weight is 249 g/mol. The normalized spacial score (nSPS) is 15.9. The lowest BCUT2D eigenvalue weighted by atomic mass is 10.2. The Bertz CT molecular complexity index is 365. The van der Waals surface area contributed by atoms with E-state index in [2.05, 4.69) is 34.1 Å². The summed E-state index contributed by atoms with van der Waals surface area (Å²) in [4.78, 5) is 11.4. The number of nitrogens with one attached hydrogen (secondary N) is 1. The lowest BCUT2D eigenvalue weighted by Crippen LogP contribution is -2.34. The van der Waals surface area contributed by atoms with Crippen molar-refractivity contribution in [1.82, 2.24) is 9.97 Å². The molecule has 0 atom stereocenters. The number of nitrogens with two attached hydrogens (primary N) is 1. The van der Waals surface area contributed by atoms with Gasteiger partial charge in [0, 0.05) is 25.1 Å². The molecule has 1 heterocycles. The second kappa shape index (κ2) is 6.00. The lowest BCUT2D eigenvalue weighted by Gasteiger charge is -2.29. The zero-order chi connectivity index (χ0) is 13.0. The number of hydrazine groups is 1. The monoisotopic (exact) mass is 249 g/mol. The van der Waals surface area contributed by atoms with Gasteiger partial charge in [-0.2, -0.15) is 0 Å². The highest BCUT2D eigenvalue weighted by Crippen LogP contribution is 2.27. The topological polar surface area (TPSA) is 67.1 Å². The van der Waals surface area contributed by atoms with E-state index >= 15 is 0 Å².